The van der Waals surface area contributed by atoms with Crippen LogP contribution in [0.4, 0.5) is 9.52 Å². The lowest BCUT2D eigenvalue weighted by Gasteiger charge is -2.14. The van der Waals surface area contributed by atoms with E-state index < -0.39 is 5.91 Å². The Morgan fingerprint density at radius 2 is 1.69 bits per heavy atom. The number of nitrogens with zero attached hydrogens (tertiary/aromatic N) is 3. The molecule has 1 aromatic heterocycles. The maximum Gasteiger partial charge on any atom is 0.280 e. The maximum absolute atomic E-state index is 13.7. The molecule has 36 heavy (non-hydrogen) atoms. The third kappa shape index (κ3) is 5.24. The molecule has 0 saturated carbocycles. The second kappa shape index (κ2) is 10.4. The summed E-state index contributed by atoms with van der Waals surface area (Å²) < 4.78 is 25.4. The standard InChI is InChI=1S/C28H20FN3O3S/c1-34-23-14-15-25-26(17-23)36-28(31-25)32(30-18-19-10-12-21(29)13-11-19)27(33)20-6-5-9-24(16-20)35-22-7-3-2-4-8-22/h2-18H,1H3/b30-18+. The minimum absolute atomic E-state index is 0.351. The predicted molar refractivity (Wildman–Crippen MR) is 140 cm³/mol. The molecule has 5 aromatic rings. The summed E-state index contributed by atoms with van der Waals surface area (Å²) in [5.74, 6) is 1.13. The Balaban J connectivity index is 1.51. The molecule has 0 fully saturated rings. The van der Waals surface area contributed by atoms with E-state index in [2.05, 4.69) is 10.1 Å². The van der Waals surface area contributed by atoms with Gasteiger partial charge in [-0.25, -0.2) is 9.37 Å². The Bertz CT molecular complexity index is 1540. The first-order valence-corrected chi connectivity index (χ1v) is 11.8. The van der Waals surface area contributed by atoms with Gasteiger partial charge in [-0.05, 0) is 66.2 Å². The van der Waals surface area contributed by atoms with Crippen molar-refractivity contribution in [3.63, 3.8) is 0 Å². The number of carbonyl (C=O) groups is 1. The van der Waals surface area contributed by atoms with Crippen molar-refractivity contribution in [2.75, 3.05) is 12.1 Å². The summed E-state index contributed by atoms with van der Waals surface area (Å²) in [5, 5.41) is 6.06. The van der Waals surface area contributed by atoms with Crippen LogP contribution in [0.2, 0.25) is 0 Å². The number of amides is 1. The minimum atomic E-state index is -0.391. The number of methoxy groups -OCH3 is 1. The van der Waals surface area contributed by atoms with Crippen LogP contribution in [0.25, 0.3) is 10.2 Å². The van der Waals surface area contributed by atoms with Gasteiger partial charge in [0.05, 0.1) is 23.5 Å². The molecule has 0 spiro atoms. The maximum atomic E-state index is 13.7. The predicted octanol–water partition coefficient (Wildman–Crippen LogP) is 6.92. The van der Waals surface area contributed by atoms with Crippen LogP contribution in [0.3, 0.4) is 0 Å². The van der Waals surface area contributed by atoms with E-state index in [9.17, 15) is 9.18 Å². The van der Waals surface area contributed by atoms with Crippen molar-refractivity contribution in [2.24, 2.45) is 5.10 Å². The fraction of sp³-hybridized carbons (Fsp3) is 0.0357. The lowest BCUT2D eigenvalue weighted by Crippen LogP contribution is -2.25. The highest BCUT2D eigenvalue weighted by atomic mass is 32.1. The zero-order valence-corrected chi connectivity index (χ0v) is 20.0. The summed E-state index contributed by atoms with van der Waals surface area (Å²) in [4.78, 5) is 18.3. The van der Waals surface area contributed by atoms with Gasteiger partial charge in [-0.1, -0.05) is 47.7 Å². The SMILES string of the molecule is COc1ccc2nc(N(/N=C/c3ccc(F)cc3)C(=O)c3cccc(Oc4ccccc4)c3)sc2c1. The molecule has 1 amide bonds. The highest BCUT2D eigenvalue weighted by molar-refractivity contribution is 7.22. The first-order chi connectivity index (χ1) is 17.6. The van der Waals surface area contributed by atoms with Gasteiger partial charge in [0.25, 0.3) is 5.91 Å². The van der Waals surface area contributed by atoms with Crippen molar-refractivity contribution in [1.29, 1.82) is 0 Å². The average Bonchev–Trinajstić information content (AvgIpc) is 3.33. The van der Waals surface area contributed by atoms with Crippen molar-refractivity contribution in [3.8, 4) is 17.2 Å². The van der Waals surface area contributed by atoms with Crippen molar-refractivity contribution >= 4 is 38.8 Å². The molecular formula is C28H20FN3O3S. The number of para-hydroxylation sites is 1. The van der Waals surface area contributed by atoms with Gasteiger partial charge >= 0.3 is 0 Å². The van der Waals surface area contributed by atoms with Gasteiger partial charge in [-0.15, -0.1) is 0 Å². The molecule has 5 rings (SSSR count). The van der Waals surface area contributed by atoms with Crippen LogP contribution in [0, 0.1) is 5.82 Å². The van der Waals surface area contributed by atoms with Gasteiger partial charge in [0.2, 0.25) is 5.13 Å². The van der Waals surface area contributed by atoms with Crippen LogP contribution in [0.5, 0.6) is 17.2 Å². The van der Waals surface area contributed by atoms with Gasteiger partial charge in [-0.3, -0.25) is 4.79 Å². The van der Waals surface area contributed by atoms with Gasteiger partial charge in [-0.2, -0.15) is 10.1 Å². The lowest BCUT2D eigenvalue weighted by atomic mass is 10.2. The summed E-state index contributed by atoms with van der Waals surface area (Å²) >= 11 is 1.31. The Kier molecular flexibility index (Phi) is 6.68. The number of fused-ring (bicyclic) bond motifs is 1. The van der Waals surface area contributed by atoms with Crippen molar-refractivity contribution in [2.45, 2.75) is 0 Å². The van der Waals surface area contributed by atoms with Gasteiger partial charge in [0.15, 0.2) is 0 Å². The number of hydrogen-bond acceptors (Lipinski definition) is 6. The van der Waals surface area contributed by atoms with Gasteiger partial charge in [0.1, 0.15) is 23.1 Å². The number of ether oxygens (including phenoxy) is 2. The molecule has 4 aromatic carbocycles. The van der Waals surface area contributed by atoms with Crippen LogP contribution >= 0.6 is 11.3 Å². The van der Waals surface area contributed by atoms with Crippen molar-refractivity contribution in [3.05, 3.63) is 114 Å². The molecule has 0 radical (unpaired) electrons. The van der Waals surface area contributed by atoms with Crippen LogP contribution in [-0.2, 0) is 0 Å². The highest BCUT2D eigenvalue weighted by Crippen LogP contribution is 2.33. The van der Waals surface area contributed by atoms with E-state index in [0.717, 1.165) is 4.70 Å². The normalized spacial score (nSPS) is 11.1. The van der Waals surface area contributed by atoms with E-state index in [1.54, 1.807) is 43.5 Å². The largest absolute Gasteiger partial charge is 0.497 e. The summed E-state index contributed by atoms with van der Waals surface area (Å²) in [5.41, 5.74) is 1.72. The van der Waals surface area contributed by atoms with Crippen molar-refractivity contribution < 1.29 is 18.7 Å². The zero-order valence-electron chi connectivity index (χ0n) is 19.2. The molecule has 0 atom stereocenters. The number of hydrogen-bond donors (Lipinski definition) is 0. The smallest absolute Gasteiger partial charge is 0.280 e. The summed E-state index contributed by atoms with van der Waals surface area (Å²) in [6.07, 6.45) is 1.49. The van der Waals surface area contributed by atoms with E-state index >= 15 is 0 Å². The topological polar surface area (TPSA) is 64.0 Å². The zero-order chi connectivity index (χ0) is 24.9. The first-order valence-electron chi connectivity index (χ1n) is 11.0. The molecule has 8 heteroatoms. The van der Waals surface area contributed by atoms with E-state index in [-0.39, 0.29) is 5.82 Å². The molecule has 6 nitrogen and oxygen atoms in total. The molecule has 0 saturated heterocycles. The number of rotatable bonds is 7. The van der Waals surface area contributed by atoms with E-state index in [1.807, 2.05) is 48.5 Å². The second-order valence-electron chi connectivity index (χ2n) is 7.69. The van der Waals surface area contributed by atoms with Crippen LogP contribution < -0.4 is 14.5 Å². The number of aromatic nitrogens is 1. The lowest BCUT2D eigenvalue weighted by molar-refractivity contribution is 0.0987. The number of benzene rings is 4. The van der Waals surface area contributed by atoms with Crippen LogP contribution in [0.15, 0.2) is 102 Å². The Morgan fingerprint density at radius 1 is 0.917 bits per heavy atom. The Morgan fingerprint density at radius 3 is 2.47 bits per heavy atom. The molecular weight excluding hydrogens is 477 g/mol. The van der Waals surface area contributed by atoms with Crippen LogP contribution in [0.1, 0.15) is 15.9 Å². The van der Waals surface area contributed by atoms with E-state index in [0.29, 0.717) is 39.0 Å². The van der Waals surface area contributed by atoms with Gasteiger partial charge in [0, 0.05) is 5.56 Å². The minimum Gasteiger partial charge on any atom is -0.497 e. The molecule has 0 aliphatic carbocycles. The number of halogens is 1. The average molecular weight is 498 g/mol. The quantitative estimate of drug-likeness (QED) is 0.181. The summed E-state index contributed by atoms with van der Waals surface area (Å²) in [6, 6.07) is 27.5. The summed E-state index contributed by atoms with van der Waals surface area (Å²) in [6.45, 7) is 0. The third-order valence-electron chi connectivity index (χ3n) is 5.21. The fourth-order valence-electron chi connectivity index (χ4n) is 3.41. The molecule has 0 N–H and O–H groups in total. The van der Waals surface area contributed by atoms with Gasteiger partial charge < -0.3 is 9.47 Å². The van der Waals surface area contributed by atoms with Crippen molar-refractivity contribution in [1.82, 2.24) is 4.98 Å². The molecule has 0 aliphatic heterocycles. The molecule has 178 valence electrons. The highest BCUT2D eigenvalue weighted by Gasteiger charge is 2.22. The van der Waals surface area contributed by atoms with E-state index in [1.165, 1.54) is 34.7 Å². The molecule has 0 unspecified atom stereocenters. The number of thiazole rings is 1. The summed E-state index contributed by atoms with van der Waals surface area (Å²) in [7, 11) is 1.59. The monoisotopic (exact) mass is 497 g/mol. The fourth-order valence-corrected chi connectivity index (χ4v) is 4.36. The number of carbonyl (C=O) groups excluding carboxylic acids is 1. The molecule has 1 heterocycles. The number of hydrazone groups is 1. The molecule has 0 bridgehead atoms. The third-order valence-corrected chi connectivity index (χ3v) is 6.20. The second-order valence-corrected chi connectivity index (χ2v) is 8.70. The first kappa shape index (κ1) is 23.2. The number of anilines is 1. The Hall–Kier alpha value is -4.56. The molecule has 0 aliphatic rings. The van der Waals surface area contributed by atoms with E-state index in [4.69, 9.17) is 9.47 Å². The van der Waals surface area contributed by atoms with Crippen LogP contribution in [-0.4, -0.2) is 24.2 Å². The Labute approximate surface area is 210 Å².